The van der Waals surface area contributed by atoms with Crippen LogP contribution in [0.4, 0.5) is 11.4 Å². The lowest BCUT2D eigenvalue weighted by Crippen LogP contribution is -3.10. The smallest absolute Gasteiger partial charge is 0.0871 e. The number of hydrogen-bond donors (Lipinski definition) is 1. The molecular weight excluding hydrogens is 428 g/mol. The Bertz CT molecular complexity index is 723. The van der Waals surface area contributed by atoms with Gasteiger partial charge < -0.3 is 26.8 Å². The van der Waals surface area contributed by atoms with E-state index < -0.39 is 0 Å². The summed E-state index contributed by atoms with van der Waals surface area (Å²) < 4.78 is 0. The minimum atomic E-state index is 0. The summed E-state index contributed by atoms with van der Waals surface area (Å²) in [6, 6.07) is 15.7. The number of rotatable bonds is 7. The maximum atomic E-state index is 6.30. The van der Waals surface area contributed by atoms with Gasteiger partial charge in [0.2, 0.25) is 0 Å². The van der Waals surface area contributed by atoms with Crippen LogP contribution >= 0.6 is 23.4 Å². The standard InChI is InChI=1S/C21H27ClN2S.BrH/c1-4-8-17(23(2)3)9-7-14-24-18-10-5-6-11-20(18)25-21-13-12-16(22)15-19(21)24;/h5-6,10-13,15,17H,4,7-9,14H2,1-3H3;1H. The van der Waals surface area contributed by atoms with Crippen LogP contribution in [0.2, 0.25) is 5.02 Å². The Hall–Kier alpha value is -0.680. The summed E-state index contributed by atoms with van der Waals surface area (Å²) in [6.45, 7) is 3.32. The van der Waals surface area contributed by atoms with Crippen LogP contribution in [0.15, 0.2) is 52.3 Å². The van der Waals surface area contributed by atoms with Gasteiger partial charge in [0, 0.05) is 27.8 Å². The second kappa shape index (κ2) is 10.0. The third-order valence-electron chi connectivity index (χ3n) is 4.98. The van der Waals surface area contributed by atoms with Gasteiger partial charge in [-0.15, -0.1) is 0 Å². The van der Waals surface area contributed by atoms with Gasteiger partial charge in [-0.05, 0) is 43.2 Å². The molecule has 26 heavy (non-hydrogen) atoms. The third kappa shape index (κ3) is 4.98. The maximum absolute atomic E-state index is 6.30. The van der Waals surface area contributed by atoms with Crippen LogP contribution in [0.5, 0.6) is 0 Å². The van der Waals surface area contributed by atoms with E-state index in [0.29, 0.717) is 0 Å². The normalized spacial score (nSPS) is 13.8. The molecule has 2 aromatic rings. The number of quaternary nitrogens is 1. The molecule has 1 unspecified atom stereocenters. The Kier molecular flexibility index (Phi) is 8.34. The zero-order chi connectivity index (χ0) is 17.8. The fraction of sp³-hybridized carbons (Fsp3) is 0.429. The zero-order valence-corrected chi connectivity index (χ0v) is 18.9. The van der Waals surface area contributed by atoms with Crippen molar-refractivity contribution >= 4 is 34.7 Å². The van der Waals surface area contributed by atoms with E-state index >= 15 is 0 Å². The molecule has 1 aliphatic heterocycles. The van der Waals surface area contributed by atoms with E-state index in [1.165, 1.54) is 46.8 Å². The number of nitrogens with zero attached hydrogens (tertiary/aromatic N) is 1. The van der Waals surface area contributed by atoms with E-state index in [4.69, 9.17) is 11.6 Å². The minimum Gasteiger partial charge on any atom is -1.00 e. The van der Waals surface area contributed by atoms with Crippen LogP contribution < -0.4 is 26.8 Å². The van der Waals surface area contributed by atoms with Crippen molar-refractivity contribution in [1.29, 1.82) is 0 Å². The Labute approximate surface area is 177 Å². The van der Waals surface area contributed by atoms with Gasteiger partial charge in [-0.1, -0.05) is 48.8 Å². The molecule has 1 atom stereocenters. The minimum absolute atomic E-state index is 0. The summed E-state index contributed by atoms with van der Waals surface area (Å²) in [5, 5.41) is 0.810. The van der Waals surface area contributed by atoms with Crippen molar-refractivity contribution in [3.63, 3.8) is 0 Å². The second-order valence-corrected chi connectivity index (χ2v) is 8.56. The first-order valence-corrected chi connectivity index (χ1v) is 10.4. The van der Waals surface area contributed by atoms with Crippen molar-refractivity contribution < 1.29 is 21.9 Å². The lowest BCUT2D eigenvalue weighted by Gasteiger charge is -2.33. The molecule has 3 rings (SSSR count). The number of nitrogens with one attached hydrogen (secondary N) is 1. The Morgan fingerprint density at radius 1 is 1.04 bits per heavy atom. The van der Waals surface area contributed by atoms with Crippen LogP contribution in [-0.2, 0) is 0 Å². The number of fused-ring (bicyclic) bond motifs is 2. The predicted molar refractivity (Wildman–Crippen MR) is 110 cm³/mol. The van der Waals surface area contributed by atoms with E-state index in [1.54, 1.807) is 4.90 Å². The SMILES string of the molecule is CCCC(CCCN1c2ccccc2Sc2ccc(Cl)cc21)[NH+](C)C.[Br-]. The van der Waals surface area contributed by atoms with E-state index in [2.05, 4.69) is 62.3 Å². The van der Waals surface area contributed by atoms with Gasteiger partial charge in [-0.2, -0.15) is 0 Å². The highest BCUT2D eigenvalue weighted by Crippen LogP contribution is 2.48. The van der Waals surface area contributed by atoms with E-state index in [9.17, 15) is 0 Å². The average molecular weight is 456 g/mol. The van der Waals surface area contributed by atoms with Gasteiger partial charge >= 0.3 is 0 Å². The first-order valence-electron chi connectivity index (χ1n) is 9.24. The number of anilines is 2. The summed E-state index contributed by atoms with van der Waals surface area (Å²) in [5.41, 5.74) is 2.56. The summed E-state index contributed by atoms with van der Waals surface area (Å²) in [6.07, 6.45) is 5.02. The Morgan fingerprint density at radius 3 is 2.50 bits per heavy atom. The van der Waals surface area contributed by atoms with Gasteiger partial charge in [0.25, 0.3) is 0 Å². The van der Waals surface area contributed by atoms with E-state index in [-0.39, 0.29) is 17.0 Å². The van der Waals surface area contributed by atoms with Crippen LogP contribution in [0.3, 0.4) is 0 Å². The second-order valence-electron chi connectivity index (χ2n) is 7.04. The average Bonchev–Trinajstić information content (AvgIpc) is 2.60. The van der Waals surface area contributed by atoms with Crippen molar-refractivity contribution in [2.24, 2.45) is 0 Å². The highest BCUT2D eigenvalue weighted by molar-refractivity contribution is 7.99. The molecule has 0 aromatic heterocycles. The lowest BCUT2D eigenvalue weighted by molar-refractivity contribution is -0.886. The molecule has 0 bridgehead atoms. The number of hydrogen-bond acceptors (Lipinski definition) is 2. The van der Waals surface area contributed by atoms with E-state index in [1.807, 2.05) is 17.8 Å². The molecule has 0 fully saturated rings. The summed E-state index contributed by atoms with van der Waals surface area (Å²) >= 11 is 8.14. The van der Waals surface area contributed by atoms with Crippen molar-refractivity contribution in [2.75, 3.05) is 25.5 Å². The molecule has 0 aliphatic carbocycles. The quantitative estimate of drug-likeness (QED) is 0.683. The molecule has 2 nitrogen and oxygen atoms in total. The van der Waals surface area contributed by atoms with Crippen LogP contribution in [-0.4, -0.2) is 26.7 Å². The Balaban J connectivity index is 0.00000243. The summed E-state index contributed by atoms with van der Waals surface area (Å²) in [4.78, 5) is 6.66. The molecule has 0 amide bonds. The van der Waals surface area contributed by atoms with Crippen LogP contribution in [0, 0.1) is 0 Å². The molecule has 1 aliphatic rings. The molecule has 0 saturated carbocycles. The highest BCUT2D eigenvalue weighted by Gasteiger charge is 2.24. The van der Waals surface area contributed by atoms with Crippen LogP contribution in [0.1, 0.15) is 32.6 Å². The highest BCUT2D eigenvalue weighted by atomic mass is 79.9. The molecule has 5 heteroatoms. The largest absolute Gasteiger partial charge is 1.00 e. The van der Waals surface area contributed by atoms with Crippen LogP contribution in [0.25, 0.3) is 0 Å². The Morgan fingerprint density at radius 2 is 1.77 bits per heavy atom. The molecule has 1 N–H and O–H groups in total. The third-order valence-corrected chi connectivity index (χ3v) is 6.34. The van der Waals surface area contributed by atoms with Crippen molar-refractivity contribution in [3.8, 4) is 0 Å². The summed E-state index contributed by atoms with van der Waals surface area (Å²) in [5.74, 6) is 0. The maximum Gasteiger partial charge on any atom is 0.0871 e. The molecule has 2 aromatic carbocycles. The predicted octanol–water partition coefficient (Wildman–Crippen LogP) is 2.04. The molecular formula is C21H28BrClN2S. The first kappa shape index (κ1) is 21.6. The molecule has 0 saturated heterocycles. The van der Waals surface area contributed by atoms with Crippen molar-refractivity contribution in [2.45, 2.75) is 48.4 Å². The molecule has 0 spiro atoms. The molecule has 0 radical (unpaired) electrons. The first-order chi connectivity index (χ1) is 12.1. The monoisotopic (exact) mass is 454 g/mol. The van der Waals surface area contributed by atoms with Gasteiger partial charge in [0.15, 0.2) is 0 Å². The van der Waals surface area contributed by atoms with Gasteiger partial charge in [0.05, 0.1) is 31.5 Å². The number of halogens is 2. The van der Waals surface area contributed by atoms with Crippen molar-refractivity contribution in [3.05, 3.63) is 47.5 Å². The van der Waals surface area contributed by atoms with Gasteiger partial charge in [-0.25, -0.2) is 0 Å². The molecule has 142 valence electrons. The lowest BCUT2D eigenvalue weighted by atomic mass is 10.0. The zero-order valence-electron chi connectivity index (χ0n) is 15.8. The fourth-order valence-corrected chi connectivity index (χ4v) is 4.85. The van der Waals surface area contributed by atoms with Crippen molar-refractivity contribution in [1.82, 2.24) is 0 Å². The van der Waals surface area contributed by atoms with Gasteiger partial charge in [-0.3, -0.25) is 0 Å². The van der Waals surface area contributed by atoms with E-state index in [0.717, 1.165) is 17.6 Å². The molecule has 1 heterocycles. The number of para-hydroxylation sites is 1. The topological polar surface area (TPSA) is 7.68 Å². The summed E-state index contributed by atoms with van der Waals surface area (Å²) in [7, 11) is 4.56. The van der Waals surface area contributed by atoms with Gasteiger partial charge in [0.1, 0.15) is 0 Å². The fourth-order valence-electron chi connectivity index (χ4n) is 3.61. The number of benzene rings is 2.